The summed E-state index contributed by atoms with van der Waals surface area (Å²) in [7, 11) is -0.120. The number of carbonyl (C=O) groups is 1. The highest BCUT2D eigenvalue weighted by molar-refractivity contribution is 7.92. The van der Waals surface area contributed by atoms with Gasteiger partial charge >= 0.3 is 0 Å². The van der Waals surface area contributed by atoms with Crippen molar-refractivity contribution in [1.82, 2.24) is 10.2 Å². The summed E-state index contributed by atoms with van der Waals surface area (Å²) < 4.78 is 34.2. The summed E-state index contributed by atoms with van der Waals surface area (Å²) in [5.74, 6) is 0.326. The van der Waals surface area contributed by atoms with Gasteiger partial charge in [0.1, 0.15) is 5.75 Å². The number of halogens is 2. The van der Waals surface area contributed by atoms with E-state index in [9.17, 15) is 13.2 Å². The van der Waals surface area contributed by atoms with Crippen LogP contribution in [0.2, 0.25) is 10.0 Å². The molecule has 3 rings (SSSR count). The maximum atomic E-state index is 12.9. The minimum atomic E-state index is -3.94. The highest BCUT2D eigenvalue weighted by Gasteiger charge is 2.18. The SMILES string of the molecule is CN(C)CCNC(=O)c1ccc(S(=O)(=O)Nc2ccccc2Oc2ccc(Cl)cc2Cl)cc1. The Morgan fingerprint density at radius 1 is 0.970 bits per heavy atom. The summed E-state index contributed by atoms with van der Waals surface area (Å²) in [6, 6.07) is 17.0. The molecule has 7 nitrogen and oxygen atoms in total. The zero-order valence-corrected chi connectivity index (χ0v) is 20.3. The van der Waals surface area contributed by atoms with E-state index in [-0.39, 0.29) is 22.2 Å². The highest BCUT2D eigenvalue weighted by atomic mass is 35.5. The molecule has 0 radical (unpaired) electrons. The van der Waals surface area contributed by atoms with Crippen LogP contribution in [0.5, 0.6) is 11.5 Å². The Kier molecular flexibility index (Phi) is 8.20. The van der Waals surface area contributed by atoms with Crippen LogP contribution in [-0.4, -0.2) is 46.4 Å². The monoisotopic (exact) mass is 507 g/mol. The molecular formula is C23H23Cl2N3O4S. The van der Waals surface area contributed by atoms with Gasteiger partial charge in [0.2, 0.25) is 0 Å². The third-order valence-corrected chi connectivity index (χ3v) is 6.43. The topological polar surface area (TPSA) is 87.7 Å². The van der Waals surface area contributed by atoms with Gasteiger partial charge in [-0.2, -0.15) is 0 Å². The molecule has 1 amide bonds. The summed E-state index contributed by atoms with van der Waals surface area (Å²) >= 11 is 12.1. The van der Waals surface area contributed by atoms with Gasteiger partial charge in [-0.1, -0.05) is 35.3 Å². The Hall–Kier alpha value is -2.78. The molecule has 0 heterocycles. The predicted octanol–water partition coefficient (Wildman–Crippen LogP) is 4.88. The van der Waals surface area contributed by atoms with E-state index in [2.05, 4.69) is 10.0 Å². The fourth-order valence-electron chi connectivity index (χ4n) is 2.80. The van der Waals surface area contributed by atoms with Crippen LogP contribution in [-0.2, 0) is 10.0 Å². The Balaban J connectivity index is 1.75. The first-order valence-electron chi connectivity index (χ1n) is 9.93. The maximum absolute atomic E-state index is 12.9. The summed E-state index contributed by atoms with van der Waals surface area (Å²) in [4.78, 5) is 14.2. The molecule has 0 saturated carbocycles. The van der Waals surface area contributed by atoms with Crippen LogP contribution in [0.3, 0.4) is 0 Å². The second-order valence-electron chi connectivity index (χ2n) is 7.36. The van der Waals surface area contributed by atoms with Gasteiger partial charge < -0.3 is 15.0 Å². The third kappa shape index (κ3) is 6.85. The van der Waals surface area contributed by atoms with Crippen LogP contribution in [0.15, 0.2) is 71.6 Å². The zero-order chi connectivity index (χ0) is 24.0. The smallest absolute Gasteiger partial charge is 0.262 e. The second kappa shape index (κ2) is 10.9. The number of likely N-dealkylation sites (N-methyl/N-ethyl adjacent to an activating group) is 1. The standard InChI is InChI=1S/C23H23Cl2N3O4S/c1-28(2)14-13-26-23(29)16-7-10-18(11-8-16)33(30,31)27-20-5-3-4-6-22(20)32-21-12-9-17(24)15-19(21)25/h3-12,15,27H,13-14H2,1-2H3,(H,26,29). The Morgan fingerprint density at radius 3 is 2.33 bits per heavy atom. The van der Waals surface area contributed by atoms with Gasteiger partial charge in [0.15, 0.2) is 5.75 Å². The van der Waals surface area contributed by atoms with Gasteiger partial charge in [-0.05, 0) is 68.7 Å². The quantitative estimate of drug-likeness (QED) is 0.430. The lowest BCUT2D eigenvalue weighted by Gasteiger charge is -2.14. The summed E-state index contributed by atoms with van der Waals surface area (Å²) in [5, 5.41) is 3.53. The van der Waals surface area contributed by atoms with Crippen molar-refractivity contribution in [3.8, 4) is 11.5 Å². The largest absolute Gasteiger partial charge is 0.454 e. The number of sulfonamides is 1. The van der Waals surface area contributed by atoms with Crippen LogP contribution in [0, 0.1) is 0 Å². The van der Waals surface area contributed by atoms with Crippen LogP contribution in [0.4, 0.5) is 5.69 Å². The number of nitrogens with zero attached hydrogens (tertiary/aromatic N) is 1. The molecule has 0 aromatic heterocycles. The summed E-state index contributed by atoms with van der Waals surface area (Å²) in [5.41, 5.74) is 0.600. The molecule has 0 aliphatic heterocycles. The van der Waals surface area contributed by atoms with E-state index >= 15 is 0 Å². The maximum Gasteiger partial charge on any atom is 0.262 e. The van der Waals surface area contributed by atoms with E-state index in [1.54, 1.807) is 36.4 Å². The molecule has 0 spiro atoms. The number of hydrogen-bond acceptors (Lipinski definition) is 5. The number of amides is 1. The molecule has 3 aromatic rings. The molecule has 0 bridgehead atoms. The molecular weight excluding hydrogens is 485 g/mol. The lowest BCUT2D eigenvalue weighted by atomic mass is 10.2. The van der Waals surface area contributed by atoms with E-state index in [0.717, 1.165) is 0 Å². The van der Waals surface area contributed by atoms with Crippen molar-refractivity contribution in [2.75, 3.05) is 31.9 Å². The molecule has 0 aliphatic rings. The fraction of sp³-hybridized carbons (Fsp3) is 0.174. The molecule has 0 aliphatic carbocycles. The molecule has 10 heteroatoms. The molecule has 0 unspecified atom stereocenters. The highest BCUT2D eigenvalue weighted by Crippen LogP contribution is 2.35. The number of anilines is 1. The normalized spacial score (nSPS) is 11.3. The van der Waals surface area contributed by atoms with E-state index in [0.29, 0.717) is 34.4 Å². The number of ether oxygens (including phenoxy) is 1. The lowest BCUT2D eigenvalue weighted by molar-refractivity contribution is 0.0951. The van der Waals surface area contributed by atoms with Crippen molar-refractivity contribution >= 4 is 44.8 Å². The Bertz CT molecular complexity index is 1230. The van der Waals surface area contributed by atoms with E-state index in [4.69, 9.17) is 27.9 Å². The Morgan fingerprint density at radius 2 is 1.67 bits per heavy atom. The first-order valence-corrected chi connectivity index (χ1v) is 12.2. The van der Waals surface area contributed by atoms with Crippen molar-refractivity contribution in [1.29, 1.82) is 0 Å². The molecule has 0 atom stereocenters. The molecule has 0 fully saturated rings. The predicted molar refractivity (Wildman–Crippen MR) is 131 cm³/mol. The van der Waals surface area contributed by atoms with Crippen LogP contribution in [0.1, 0.15) is 10.4 Å². The van der Waals surface area contributed by atoms with Crippen LogP contribution >= 0.6 is 23.2 Å². The minimum absolute atomic E-state index is 0.00618. The summed E-state index contributed by atoms with van der Waals surface area (Å²) in [6.45, 7) is 1.19. The van der Waals surface area contributed by atoms with Crippen molar-refractivity contribution in [3.63, 3.8) is 0 Å². The van der Waals surface area contributed by atoms with Gasteiger partial charge in [-0.3, -0.25) is 9.52 Å². The Labute approximate surface area is 203 Å². The first-order chi connectivity index (χ1) is 15.7. The first kappa shape index (κ1) is 24.9. The molecule has 3 aromatic carbocycles. The zero-order valence-electron chi connectivity index (χ0n) is 18.0. The van der Waals surface area contributed by atoms with E-state index in [1.165, 1.54) is 30.3 Å². The number of para-hydroxylation sites is 2. The molecule has 174 valence electrons. The number of nitrogens with one attached hydrogen (secondary N) is 2. The lowest BCUT2D eigenvalue weighted by Crippen LogP contribution is -2.31. The van der Waals surface area contributed by atoms with Crippen molar-refractivity contribution in [2.45, 2.75) is 4.90 Å². The van der Waals surface area contributed by atoms with E-state index < -0.39 is 10.0 Å². The van der Waals surface area contributed by atoms with Gasteiger partial charge in [-0.25, -0.2) is 8.42 Å². The van der Waals surface area contributed by atoms with Gasteiger partial charge in [0.05, 0.1) is 15.6 Å². The van der Waals surface area contributed by atoms with Crippen molar-refractivity contribution in [2.24, 2.45) is 0 Å². The van der Waals surface area contributed by atoms with Crippen molar-refractivity contribution < 1.29 is 17.9 Å². The van der Waals surface area contributed by atoms with E-state index in [1.807, 2.05) is 19.0 Å². The molecule has 0 saturated heterocycles. The minimum Gasteiger partial charge on any atom is -0.454 e. The van der Waals surface area contributed by atoms with Gasteiger partial charge in [0, 0.05) is 23.7 Å². The third-order valence-electron chi connectivity index (χ3n) is 4.52. The average molecular weight is 508 g/mol. The molecule has 2 N–H and O–H groups in total. The fourth-order valence-corrected chi connectivity index (χ4v) is 4.32. The number of carbonyl (C=O) groups excluding carboxylic acids is 1. The van der Waals surface area contributed by atoms with Gasteiger partial charge in [-0.15, -0.1) is 0 Å². The number of benzene rings is 3. The number of hydrogen-bond donors (Lipinski definition) is 2. The van der Waals surface area contributed by atoms with Gasteiger partial charge in [0.25, 0.3) is 15.9 Å². The van der Waals surface area contributed by atoms with Crippen LogP contribution < -0.4 is 14.8 Å². The molecule has 33 heavy (non-hydrogen) atoms. The average Bonchev–Trinajstić information content (AvgIpc) is 2.76. The summed E-state index contributed by atoms with van der Waals surface area (Å²) in [6.07, 6.45) is 0. The number of rotatable bonds is 9. The second-order valence-corrected chi connectivity index (χ2v) is 9.89. The van der Waals surface area contributed by atoms with Crippen LogP contribution in [0.25, 0.3) is 0 Å². The van der Waals surface area contributed by atoms with Crippen molar-refractivity contribution in [3.05, 3.63) is 82.3 Å².